The number of benzene rings is 5. The van der Waals surface area contributed by atoms with E-state index in [-0.39, 0.29) is 23.9 Å². The Kier molecular flexibility index (Phi) is 9.09. The minimum absolute atomic E-state index is 0.0430. The van der Waals surface area contributed by atoms with Crippen molar-refractivity contribution in [3.05, 3.63) is 175 Å². The van der Waals surface area contributed by atoms with E-state index in [1.165, 1.54) is 7.05 Å². The molecule has 2 aromatic heterocycles. The van der Waals surface area contributed by atoms with Crippen LogP contribution in [-0.4, -0.2) is 48.4 Å². The lowest BCUT2D eigenvalue weighted by Gasteiger charge is -2.42. The van der Waals surface area contributed by atoms with Crippen LogP contribution in [0.1, 0.15) is 62.6 Å². The minimum Gasteiger partial charge on any atom is -0.494 e. The SMILES string of the molecule is CC(=NC[C@H]1c2ccccc2C(=O)N(CCc2ccccc2)[C@H]1c1ccc2c(c1)c1ccccc1n2C)c1c(O)n(C)c(=O)n(-c2ccc(C)cc2C)c1=O. The molecule has 0 saturated heterocycles. The normalized spacial score (nSPS) is 15.9. The highest BCUT2D eigenvalue weighted by molar-refractivity contribution is 6.08. The second-order valence-corrected chi connectivity index (χ2v) is 14.6. The fraction of sp³-hybridized carbons (Fsp3) is 0.217. The highest BCUT2D eigenvalue weighted by Crippen LogP contribution is 2.44. The summed E-state index contributed by atoms with van der Waals surface area (Å²) in [6.45, 7) is 6.18. The van der Waals surface area contributed by atoms with Crippen molar-refractivity contribution in [2.24, 2.45) is 19.1 Å². The Hall–Kier alpha value is -6.48. The molecule has 1 amide bonds. The first-order valence-electron chi connectivity index (χ1n) is 18.6. The smallest absolute Gasteiger partial charge is 0.338 e. The molecule has 0 aliphatic carbocycles. The molecule has 3 heterocycles. The van der Waals surface area contributed by atoms with Crippen LogP contribution in [-0.2, 0) is 20.5 Å². The molecule has 0 spiro atoms. The summed E-state index contributed by atoms with van der Waals surface area (Å²) in [5.41, 5.74) is 7.01. The minimum atomic E-state index is -0.649. The van der Waals surface area contributed by atoms with Crippen LogP contribution in [0.2, 0.25) is 0 Å². The summed E-state index contributed by atoms with van der Waals surface area (Å²) in [7, 11) is 3.51. The van der Waals surface area contributed by atoms with Crippen molar-refractivity contribution in [2.45, 2.75) is 39.2 Å². The Balaban J connectivity index is 1.28. The number of para-hydroxylation sites is 1. The van der Waals surface area contributed by atoms with Crippen LogP contribution in [0.3, 0.4) is 0 Å². The molecule has 0 saturated carbocycles. The number of carbonyl (C=O) groups excluding carboxylic acids is 1. The quantitative estimate of drug-likeness (QED) is 0.164. The topological polar surface area (TPSA) is 102 Å². The van der Waals surface area contributed by atoms with Crippen LogP contribution in [0.15, 0.2) is 130 Å². The Labute approximate surface area is 319 Å². The van der Waals surface area contributed by atoms with E-state index in [1.807, 2.05) is 85.5 Å². The van der Waals surface area contributed by atoms with Gasteiger partial charge < -0.3 is 14.6 Å². The first-order valence-corrected chi connectivity index (χ1v) is 18.6. The highest BCUT2D eigenvalue weighted by Gasteiger charge is 2.40. The van der Waals surface area contributed by atoms with Gasteiger partial charge in [0.25, 0.3) is 11.5 Å². The maximum Gasteiger partial charge on any atom is 0.338 e. The zero-order valence-electron chi connectivity index (χ0n) is 31.7. The zero-order valence-corrected chi connectivity index (χ0v) is 31.7. The molecule has 55 heavy (non-hydrogen) atoms. The summed E-state index contributed by atoms with van der Waals surface area (Å²) in [6, 6.07) is 37.8. The van der Waals surface area contributed by atoms with Crippen LogP contribution >= 0.6 is 0 Å². The van der Waals surface area contributed by atoms with Crippen molar-refractivity contribution in [3.63, 3.8) is 0 Å². The zero-order chi connectivity index (χ0) is 38.5. The van der Waals surface area contributed by atoms with Crippen molar-refractivity contribution in [2.75, 3.05) is 13.1 Å². The fourth-order valence-electron chi connectivity index (χ4n) is 8.40. The molecule has 2 atom stereocenters. The van der Waals surface area contributed by atoms with E-state index in [1.54, 1.807) is 13.0 Å². The Morgan fingerprint density at radius 1 is 0.764 bits per heavy atom. The molecule has 1 aliphatic heterocycles. The number of hydrogen-bond donors (Lipinski definition) is 1. The fourth-order valence-corrected chi connectivity index (χ4v) is 8.40. The predicted octanol–water partition coefficient (Wildman–Crippen LogP) is 7.54. The summed E-state index contributed by atoms with van der Waals surface area (Å²) in [5, 5.41) is 13.5. The van der Waals surface area contributed by atoms with E-state index < -0.39 is 23.2 Å². The molecule has 0 radical (unpaired) electrons. The van der Waals surface area contributed by atoms with Gasteiger partial charge in [-0.1, -0.05) is 90.5 Å². The maximum atomic E-state index is 14.6. The highest BCUT2D eigenvalue weighted by atomic mass is 16.3. The lowest BCUT2D eigenvalue weighted by molar-refractivity contribution is 0.0614. The monoisotopic (exact) mass is 729 g/mol. The van der Waals surface area contributed by atoms with Gasteiger partial charge >= 0.3 is 5.69 Å². The summed E-state index contributed by atoms with van der Waals surface area (Å²) in [6.07, 6.45) is 0.667. The first kappa shape index (κ1) is 35.5. The molecular formula is C46H43N5O4. The molecule has 5 aromatic carbocycles. The number of amides is 1. The van der Waals surface area contributed by atoms with Crippen molar-refractivity contribution in [3.8, 4) is 11.6 Å². The molecule has 1 aliphatic rings. The van der Waals surface area contributed by atoms with E-state index in [4.69, 9.17) is 4.99 Å². The van der Waals surface area contributed by atoms with Crippen LogP contribution in [0, 0.1) is 13.8 Å². The number of carbonyl (C=O) groups is 1. The molecule has 276 valence electrons. The van der Waals surface area contributed by atoms with Gasteiger partial charge in [-0.15, -0.1) is 0 Å². The third-order valence-corrected chi connectivity index (χ3v) is 11.2. The van der Waals surface area contributed by atoms with Gasteiger partial charge in [-0.2, -0.15) is 0 Å². The Morgan fingerprint density at radius 2 is 1.47 bits per heavy atom. The first-order chi connectivity index (χ1) is 26.5. The lowest BCUT2D eigenvalue weighted by Crippen LogP contribution is -2.44. The van der Waals surface area contributed by atoms with Crippen molar-refractivity contribution in [1.29, 1.82) is 0 Å². The molecule has 7 aromatic rings. The third-order valence-electron chi connectivity index (χ3n) is 11.2. The largest absolute Gasteiger partial charge is 0.494 e. The Bertz CT molecular complexity index is 2790. The summed E-state index contributed by atoms with van der Waals surface area (Å²) in [5.74, 6) is -0.791. The molecule has 8 rings (SSSR count). The number of hydrogen-bond acceptors (Lipinski definition) is 5. The molecule has 0 bridgehead atoms. The second-order valence-electron chi connectivity index (χ2n) is 14.6. The molecule has 0 unspecified atom stereocenters. The van der Waals surface area contributed by atoms with E-state index in [2.05, 4.69) is 54.1 Å². The summed E-state index contributed by atoms with van der Waals surface area (Å²) >= 11 is 0. The maximum absolute atomic E-state index is 14.6. The standard InChI is InChI=1S/C46H43N5O4/c1-28-19-21-38(29(2)25-28)51-45(54)41(44(53)49(5)46(51)55)30(3)47-27-37-33-15-9-10-17-35(33)43(52)50(24-23-31-13-7-6-8-14-31)42(37)32-20-22-40-36(26-32)34-16-11-12-18-39(34)48(40)4/h6-22,25-26,37,42,53H,23-24,27H2,1-5H3/t37-,42-/m0/s1. The summed E-state index contributed by atoms with van der Waals surface area (Å²) in [4.78, 5) is 49.2. The van der Waals surface area contributed by atoms with Gasteiger partial charge in [0.1, 0.15) is 5.56 Å². The van der Waals surface area contributed by atoms with E-state index >= 15 is 0 Å². The molecular weight excluding hydrogens is 687 g/mol. The molecule has 9 nitrogen and oxygen atoms in total. The van der Waals surface area contributed by atoms with E-state index in [0.717, 1.165) is 58.8 Å². The second kappa shape index (κ2) is 14.1. The third kappa shape index (κ3) is 6.06. The average molecular weight is 730 g/mol. The lowest BCUT2D eigenvalue weighted by atomic mass is 9.79. The Morgan fingerprint density at radius 3 is 2.25 bits per heavy atom. The number of aromatic hydroxyl groups is 1. The number of aromatic nitrogens is 3. The van der Waals surface area contributed by atoms with Crippen LogP contribution < -0.4 is 11.2 Å². The van der Waals surface area contributed by atoms with Gasteiger partial charge in [0, 0.05) is 66.2 Å². The van der Waals surface area contributed by atoms with Crippen molar-refractivity contribution < 1.29 is 9.90 Å². The number of aliphatic imine (C=N–C) groups is 1. The van der Waals surface area contributed by atoms with Gasteiger partial charge in [0.15, 0.2) is 0 Å². The number of rotatable bonds is 8. The number of nitrogens with zero attached hydrogens (tertiary/aromatic N) is 5. The van der Waals surface area contributed by atoms with Crippen LogP contribution in [0.5, 0.6) is 5.88 Å². The molecule has 9 heteroatoms. The van der Waals surface area contributed by atoms with Crippen molar-refractivity contribution >= 4 is 33.4 Å². The number of fused-ring (bicyclic) bond motifs is 4. The van der Waals surface area contributed by atoms with Crippen LogP contribution in [0.25, 0.3) is 27.5 Å². The average Bonchev–Trinajstić information content (AvgIpc) is 3.48. The summed E-state index contributed by atoms with van der Waals surface area (Å²) < 4.78 is 4.38. The molecule has 0 fully saturated rings. The van der Waals surface area contributed by atoms with E-state index in [0.29, 0.717) is 29.9 Å². The van der Waals surface area contributed by atoms with Gasteiger partial charge in [-0.3, -0.25) is 19.1 Å². The van der Waals surface area contributed by atoms with Gasteiger partial charge in [0.05, 0.1) is 11.7 Å². The van der Waals surface area contributed by atoms with Crippen LogP contribution in [0.4, 0.5) is 0 Å². The number of aryl methyl sites for hydroxylation is 3. The van der Waals surface area contributed by atoms with Crippen molar-refractivity contribution in [1.82, 2.24) is 18.6 Å². The van der Waals surface area contributed by atoms with Gasteiger partial charge in [-0.25, -0.2) is 9.36 Å². The predicted molar refractivity (Wildman–Crippen MR) is 219 cm³/mol. The van der Waals surface area contributed by atoms with E-state index in [9.17, 15) is 19.5 Å². The van der Waals surface area contributed by atoms with Gasteiger partial charge in [-0.05, 0) is 79.8 Å². The molecule has 1 N–H and O–H groups in total. The van der Waals surface area contributed by atoms with Gasteiger partial charge in [0.2, 0.25) is 5.88 Å².